The lowest BCUT2D eigenvalue weighted by Crippen LogP contribution is -2.14. The van der Waals surface area contributed by atoms with Crippen LogP contribution in [0.1, 0.15) is 57.2 Å². The molecule has 3 aromatic rings. The van der Waals surface area contributed by atoms with Crippen LogP contribution in [0, 0.1) is 0 Å². The number of phenols is 1. The molecule has 3 aromatic carbocycles. The van der Waals surface area contributed by atoms with Gasteiger partial charge in [0.25, 0.3) is 5.91 Å². The van der Waals surface area contributed by atoms with Crippen molar-refractivity contribution in [3.05, 3.63) is 94.5 Å². The Morgan fingerprint density at radius 1 is 0.938 bits per heavy atom. The first kappa shape index (κ1) is 23.1. The van der Waals surface area contributed by atoms with Crippen LogP contribution in [-0.2, 0) is 12.6 Å². The van der Waals surface area contributed by atoms with Crippen molar-refractivity contribution in [3.63, 3.8) is 0 Å². The van der Waals surface area contributed by atoms with Gasteiger partial charge >= 0.3 is 6.18 Å². The monoisotopic (exact) mass is 441 g/mol. The van der Waals surface area contributed by atoms with Crippen molar-refractivity contribution >= 4 is 17.4 Å². The molecule has 166 valence electrons. The van der Waals surface area contributed by atoms with Gasteiger partial charge in [-0.25, -0.2) is 0 Å². The summed E-state index contributed by atoms with van der Waals surface area (Å²) in [6.45, 7) is 2.10. The molecule has 3 rings (SSSR count). The smallest absolute Gasteiger partial charge is 0.416 e. The van der Waals surface area contributed by atoms with Gasteiger partial charge in [0.15, 0.2) is 5.78 Å². The van der Waals surface area contributed by atoms with Crippen LogP contribution in [0.3, 0.4) is 0 Å². The zero-order valence-corrected chi connectivity index (χ0v) is 17.4. The summed E-state index contributed by atoms with van der Waals surface area (Å²) < 4.78 is 38.7. The molecular weight excluding hydrogens is 419 g/mol. The van der Waals surface area contributed by atoms with Crippen LogP contribution in [0.4, 0.5) is 18.9 Å². The third-order valence-electron chi connectivity index (χ3n) is 4.99. The minimum Gasteiger partial charge on any atom is -0.507 e. The fourth-order valence-electron chi connectivity index (χ4n) is 3.20. The number of carbonyl (C=O) groups is 2. The highest BCUT2D eigenvalue weighted by atomic mass is 19.4. The molecule has 7 heteroatoms. The van der Waals surface area contributed by atoms with E-state index < -0.39 is 17.6 Å². The number of amides is 1. The Labute approximate surface area is 183 Å². The lowest BCUT2D eigenvalue weighted by Gasteiger charge is -2.11. The number of halogens is 3. The molecule has 0 heterocycles. The number of hydrogen-bond acceptors (Lipinski definition) is 3. The highest BCUT2D eigenvalue weighted by molar-refractivity contribution is 6.12. The molecule has 2 N–H and O–H groups in total. The molecule has 0 aromatic heterocycles. The largest absolute Gasteiger partial charge is 0.507 e. The Balaban J connectivity index is 1.81. The van der Waals surface area contributed by atoms with Crippen molar-refractivity contribution in [2.45, 2.75) is 32.4 Å². The molecule has 32 heavy (non-hydrogen) atoms. The second-order valence-corrected chi connectivity index (χ2v) is 7.39. The van der Waals surface area contributed by atoms with Gasteiger partial charge in [0.2, 0.25) is 0 Å². The molecule has 0 aliphatic rings. The van der Waals surface area contributed by atoms with E-state index in [0.717, 1.165) is 37.0 Å². The zero-order chi connectivity index (χ0) is 23.3. The Kier molecular flexibility index (Phi) is 6.98. The van der Waals surface area contributed by atoms with Crippen LogP contribution in [0.5, 0.6) is 5.75 Å². The average molecular weight is 441 g/mol. The molecule has 0 fully saturated rings. The number of aryl methyl sites for hydroxylation is 1. The Hall–Kier alpha value is -3.61. The average Bonchev–Trinajstić information content (AvgIpc) is 2.77. The second-order valence-electron chi connectivity index (χ2n) is 7.39. The van der Waals surface area contributed by atoms with Crippen molar-refractivity contribution in [1.82, 2.24) is 0 Å². The van der Waals surface area contributed by atoms with E-state index in [1.54, 1.807) is 12.1 Å². The summed E-state index contributed by atoms with van der Waals surface area (Å²) in [5, 5.41) is 12.4. The van der Waals surface area contributed by atoms with E-state index in [1.807, 2.05) is 12.1 Å². The molecule has 0 saturated heterocycles. The fourth-order valence-corrected chi connectivity index (χ4v) is 3.20. The number of phenolic OH excluding ortho intramolecular Hbond substituents is 1. The van der Waals surface area contributed by atoms with Crippen LogP contribution in [0.15, 0.2) is 66.7 Å². The predicted molar refractivity (Wildman–Crippen MR) is 116 cm³/mol. The summed E-state index contributed by atoms with van der Waals surface area (Å²) in [5.74, 6) is -1.55. The van der Waals surface area contributed by atoms with E-state index >= 15 is 0 Å². The number of benzene rings is 3. The highest BCUT2D eigenvalue weighted by Crippen LogP contribution is 2.31. The molecule has 1 amide bonds. The van der Waals surface area contributed by atoms with Gasteiger partial charge in [-0.2, -0.15) is 13.2 Å². The third kappa shape index (κ3) is 5.55. The summed E-state index contributed by atoms with van der Waals surface area (Å²) in [7, 11) is 0. The number of unbranched alkanes of at least 4 members (excludes halogenated alkanes) is 1. The van der Waals surface area contributed by atoms with Crippen molar-refractivity contribution in [3.8, 4) is 5.75 Å². The van der Waals surface area contributed by atoms with E-state index in [9.17, 15) is 27.9 Å². The quantitative estimate of drug-likeness (QED) is 0.427. The van der Waals surface area contributed by atoms with E-state index in [4.69, 9.17) is 0 Å². The van der Waals surface area contributed by atoms with Crippen molar-refractivity contribution in [2.24, 2.45) is 0 Å². The summed E-state index contributed by atoms with van der Waals surface area (Å²) in [6.07, 6.45) is -1.51. The molecule has 0 bridgehead atoms. The minimum atomic E-state index is -4.55. The number of anilines is 1. The Morgan fingerprint density at radius 3 is 2.28 bits per heavy atom. The molecule has 0 atom stereocenters. The fraction of sp³-hybridized carbons (Fsp3) is 0.200. The number of nitrogens with one attached hydrogen (secondary N) is 1. The maximum atomic E-state index is 12.9. The number of ketones is 1. The Bertz CT molecular complexity index is 1120. The maximum absolute atomic E-state index is 12.9. The summed E-state index contributed by atoms with van der Waals surface area (Å²) in [5.41, 5.74) is 0.524. The second kappa shape index (κ2) is 9.68. The Morgan fingerprint density at radius 2 is 1.62 bits per heavy atom. The number of hydrogen-bond donors (Lipinski definition) is 2. The molecule has 0 radical (unpaired) electrons. The van der Waals surface area contributed by atoms with E-state index in [2.05, 4.69) is 12.2 Å². The SMILES string of the molecule is CCCCc1ccc(C(=O)c2ccc(O)c(C(=O)Nc3cccc(C(F)(F)F)c3)c2)cc1. The van der Waals surface area contributed by atoms with E-state index in [0.29, 0.717) is 5.56 Å². The van der Waals surface area contributed by atoms with Gasteiger partial charge in [-0.3, -0.25) is 9.59 Å². The zero-order valence-electron chi connectivity index (χ0n) is 17.4. The lowest BCUT2D eigenvalue weighted by molar-refractivity contribution is -0.137. The van der Waals surface area contributed by atoms with E-state index in [1.165, 1.54) is 30.3 Å². The topological polar surface area (TPSA) is 66.4 Å². The summed E-state index contributed by atoms with van der Waals surface area (Å²) in [4.78, 5) is 25.4. The van der Waals surface area contributed by atoms with Crippen LogP contribution in [-0.4, -0.2) is 16.8 Å². The van der Waals surface area contributed by atoms with Gasteiger partial charge in [-0.15, -0.1) is 0 Å². The van der Waals surface area contributed by atoms with Crippen molar-refractivity contribution in [1.29, 1.82) is 0 Å². The van der Waals surface area contributed by atoms with Gasteiger partial charge in [-0.05, 0) is 54.8 Å². The first-order chi connectivity index (χ1) is 15.2. The molecule has 0 aliphatic carbocycles. The van der Waals surface area contributed by atoms with Crippen LogP contribution in [0.2, 0.25) is 0 Å². The standard InChI is InChI=1S/C25H22F3NO3/c1-2-3-5-16-8-10-17(11-9-16)23(31)18-12-13-22(30)21(14-18)24(32)29-20-7-4-6-19(15-20)25(26,27)28/h4,6-15,30H,2-3,5H2,1H3,(H,29,32). The molecule has 0 aliphatic heterocycles. The normalized spacial score (nSPS) is 11.2. The highest BCUT2D eigenvalue weighted by Gasteiger charge is 2.30. The minimum absolute atomic E-state index is 0.0800. The molecular formula is C25H22F3NO3. The number of aromatic hydroxyl groups is 1. The number of rotatable bonds is 7. The van der Waals surface area contributed by atoms with Gasteiger partial charge in [-0.1, -0.05) is 43.7 Å². The summed E-state index contributed by atoms with van der Waals surface area (Å²) >= 11 is 0. The molecule has 0 saturated carbocycles. The molecule has 0 spiro atoms. The van der Waals surface area contributed by atoms with Crippen LogP contribution in [0.25, 0.3) is 0 Å². The third-order valence-corrected chi connectivity index (χ3v) is 4.99. The maximum Gasteiger partial charge on any atom is 0.416 e. The number of alkyl halides is 3. The summed E-state index contributed by atoms with van der Waals surface area (Å²) in [6, 6.07) is 15.2. The van der Waals surface area contributed by atoms with Crippen LogP contribution >= 0.6 is 0 Å². The lowest BCUT2D eigenvalue weighted by atomic mass is 9.98. The van der Waals surface area contributed by atoms with Crippen molar-refractivity contribution < 1.29 is 27.9 Å². The van der Waals surface area contributed by atoms with Gasteiger partial charge in [0.05, 0.1) is 11.1 Å². The molecule has 4 nitrogen and oxygen atoms in total. The van der Waals surface area contributed by atoms with Gasteiger partial charge in [0, 0.05) is 16.8 Å². The van der Waals surface area contributed by atoms with E-state index in [-0.39, 0.29) is 28.3 Å². The van der Waals surface area contributed by atoms with Crippen molar-refractivity contribution in [2.75, 3.05) is 5.32 Å². The number of carbonyl (C=O) groups excluding carboxylic acids is 2. The van der Waals surface area contributed by atoms with Gasteiger partial charge in [0.1, 0.15) is 5.75 Å². The predicted octanol–water partition coefficient (Wildman–Crippen LogP) is 6.24. The first-order valence-electron chi connectivity index (χ1n) is 10.1. The van der Waals surface area contributed by atoms with Crippen LogP contribution < -0.4 is 5.32 Å². The van der Waals surface area contributed by atoms with Gasteiger partial charge < -0.3 is 10.4 Å². The first-order valence-corrected chi connectivity index (χ1v) is 10.1. The molecule has 0 unspecified atom stereocenters.